The second-order valence-electron chi connectivity index (χ2n) is 0.310. The molecule has 4 heavy (non-hydrogen) atoms. The lowest BCUT2D eigenvalue weighted by Gasteiger charge is -1.51. The maximum atomic E-state index is 10.4. The Kier molecular flexibility index (Phi) is 2.34. The van der Waals surface area contributed by atoms with Crippen molar-refractivity contribution in [3.05, 3.63) is 0 Å². The van der Waals surface area contributed by atoms with Gasteiger partial charge in [-0.3, -0.25) is 0 Å². The van der Waals surface area contributed by atoms with Gasteiger partial charge in [-0.2, -0.15) is 0 Å². The van der Waals surface area contributed by atoms with Crippen molar-refractivity contribution in [1.82, 2.24) is 0 Å². The zero-order valence-electron chi connectivity index (χ0n) is 2.09. The molecule has 0 heterocycles. The third-order valence-corrected chi connectivity index (χ3v) is 0.0668. The second kappa shape index (κ2) is 2.60. The Hall–Kier alpha value is -0.400. The molecule has 1 N–H and O–H groups in total. The van der Waals surface area contributed by atoms with Crippen LogP contribution < -0.4 is 0 Å². The molecule has 0 atom stereocenters. The van der Waals surface area contributed by atoms with Crippen LogP contribution in [0.15, 0.2) is 0 Å². The molecule has 0 aromatic rings. The third kappa shape index (κ3) is 1.60. The van der Waals surface area contributed by atoms with Gasteiger partial charge in [0.25, 0.3) is 0 Å². The predicted molar refractivity (Wildman–Crippen MR) is 13.7 cm³/mol. The summed E-state index contributed by atoms with van der Waals surface area (Å²) >= 11 is 0. The van der Waals surface area contributed by atoms with Gasteiger partial charge in [0, 0.05) is 0 Å². The maximum Gasteiger partial charge on any atom is 0.133 e. The number of rotatable bonds is 1. The lowest BCUT2D eigenvalue weighted by atomic mass is 10.9. The van der Waals surface area contributed by atoms with E-state index in [1.807, 2.05) is 0 Å². The van der Waals surface area contributed by atoms with Gasteiger partial charge in [-0.25, -0.2) is 4.39 Å². The van der Waals surface area contributed by atoms with E-state index in [0.29, 0.717) is 0 Å². The Morgan fingerprint density at radius 3 is 2.25 bits per heavy atom. The molecule has 0 amide bonds. The number of alkyl halides is 1. The standard InChI is InChI=1S/C2H3FN/c3-1-2-4/h4H,1H2. The van der Waals surface area contributed by atoms with Gasteiger partial charge in [0.15, 0.2) is 0 Å². The predicted octanol–water partition coefficient (Wildman–Crippen LogP) is 0.482. The molecular formula is C2H3FN. The van der Waals surface area contributed by atoms with Crippen molar-refractivity contribution >= 4 is 6.21 Å². The zero-order valence-corrected chi connectivity index (χ0v) is 2.09. The van der Waals surface area contributed by atoms with E-state index in [0.717, 1.165) is 0 Å². The molecule has 0 saturated heterocycles. The molecule has 2 heteroatoms. The van der Waals surface area contributed by atoms with Crippen LogP contribution in [-0.2, 0) is 0 Å². The van der Waals surface area contributed by atoms with Crippen molar-refractivity contribution in [2.45, 2.75) is 0 Å². The summed E-state index contributed by atoms with van der Waals surface area (Å²) in [7, 11) is 0. The highest BCUT2D eigenvalue weighted by molar-refractivity contribution is 5.53. The summed E-state index contributed by atoms with van der Waals surface area (Å²) in [4.78, 5) is 0. The molecule has 0 aliphatic rings. The largest absolute Gasteiger partial charge is 0.301 e. The van der Waals surface area contributed by atoms with Gasteiger partial charge in [0.2, 0.25) is 0 Å². The van der Waals surface area contributed by atoms with Crippen molar-refractivity contribution < 1.29 is 4.39 Å². The molecular weight excluding hydrogens is 57.0 g/mol. The van der Waals surface area contributed by atoms with E-state index in [2.05, 4.69) is 0 Å². The quantitative estimate of drug-likeness (QED) is 0.426. The van der Waals surface area contributed by atoms with Gasteiger partial charge in [0.1, 0.15) is 6.67 Å². The Labute approximate surface area is 24.0 Å². The van der Waals surface area contributed by atoms with Crippen molar-refractivity contribution in [3.63, 3.8) is 0 Å². The van der Waals surface area contributed by atoms with E-state index in [-0.39, 0.29) is 0 Å². The smallest absolute Gasteiger partial charge is 0.133 e. The normalized spacial score (nSPS) is 6.25. The van der Waals surface area contributed by atoms with E-state index in [1.54, 1.807) is 0 Å². The summed E-state index contributed by atoms with van der Waals surface area (Å²) in [5.74, 6) is 0. The van der Waals surface area contributed by atoms with E-state index < -0.39 is 6.67 Å². The first kappa shape index (κ1) is 3.60. The minimum Gasteiger partial charge on any atom is -0.301 e. The van der Waals surface area contributed by atoms with Gasteiger partial charge >= 0.3 is 0 Å². The van der Waals surface area contributed by atoms with Crippen LogP contribution in [-0.4, -0.2) is 12.9 Å². The fourth-order valence-electron chi connectivity index (χ4n) is 0. The Balaban J connectivity index is 2.30. The molecule has 0 aromatic carbocycles. The number of hydrogen-bond donors (Lipinski definition) is 1. The average Bonchev–Trinajstić information content (AvgIpc) is 1.37. The topological polar surface area (TPSA) is 23.9 Å². The Morgan fingerprint density at radius 2 is 2.25 bits per heavy atom. The van der Waals surface area contributed by atoms with Crippen molar-refractivity contribution in [1.29, 1.82) is 5.41 Å². The van der Waals surface area contributed by atoms with Gasteiger partial charge in [-0.05, 0) is 0 Å². The van der Waals surface area contributed by atoms with Crippen molar-refractivity contribution in [3.8, 4) is 0 Å². The van der Waals surface area contributed by atoms with Gasteiger partial charge in [0.05, 0.1) is 6.21 Å². The minimum absolute atomic E-state index is 0.764. The summed E-state index contributed by atoms with van der Waals surface area (Å²) in [5.41, 5.74) is 0. The highest BCUT2D eigenvalue weighted by Crippen LogP contribution is 1.47. The summed E-state index contributed by atoms with van der Waals surface area (Å²) < 4.78 is 10.4. The molecule has 0 spiro atoms. The van der Waals surface area contributed by atoms with E-state index in [1.165, 1.54) is 6.21 Å². The molecule has 1 nitrogen and oxygen atoms in total. The Morgan fingerprint density at radius 1 is 2.00 bits per heavy atom. The molecule has 0 saturated carbocycles. The third-order valence-electron chi connectivity index (χ3n) is 0.0668. The van der Waals surface area contributed by atoms with E-state index in [4.69, 9.17) is 5.41 Å². The van der Waals surface area contributed by atoms with Crippen LogP contribution >= 0.6 is 0 Å². The lowest BCUT2D eigenvalue weighted by molar-refractivity contribution is 0.586. The highest BCUT2D eigenvalue weighted by atomic mass is 19.1. The maximum absolute atomic E-state index is 10.4. The molecule has 0 unspecified atom stereocenters. The first-order valence-electron chi connectivity index (χ1n) is 0.871. The molecule has 0 aliphatic heterocycles. The first-order chi connectivity index (χ1) is 1.91. The van der Waals surface area contributed by atoms with E-state index >= 15 is 0 Å². The van der Waals surface area contributed by atoms with Crippen LogP contribution in [0.3, 0.4) is 0 Å². The van der Waals surface area contributed by atoms with Crippen molar-refractivity contribution in [2.75, 3.05) is 6.67 Å². The fourth-order valence-corrected chi connectivity index (χ4v) is 0. The van der Waals surface area contributed by atoms with Crippen LogP contribution in [0.2, 0.25) is 0 Å². The molecule has 0 aliphatic carbocycles. The van der Waals surface area contributed by atoms with Gasteiger partial charge < -0.3 is 5.41 Å². The number of halogens is 1. The number of nitrogens with one attached hydrogen (secondary N) is 1. The van der Waals surface area contributed by atoms with Crippen LogP contribution in [0, 0.1) is 5.41 Å². The minimum atomic E-state index is -0.764. The highest BCUT2D eigenvalue weighted by Gasteiger charge is 1.54. The summed E-state index contributed by atoms with van der Waals surface area (Å²) in [6, 6.07) is 0. The van der Waals surface area contributed by atoms with E-state index in [9.17, 15) is 4.39 Å². The molecule has 0 bridgehead atoms. The van der Waals surface area contributed by atoms with Crippen LogP contribution in [0.4, 0.5) is 4.39 Å². The molecule has 0 rings (SSSR count). The van der Waals surface area contributed by atoms with Crippen LogP contribution in [0.1, 0.15) is 0 Å². The number of hydrogen-bond acceptors (Lipinski definition) is 1. The van der Waals surface area contributed by atoms with Crippen LogP contribution in [0.5, 0.6) is 0 Å². The van der Waals surface area contributed by atoms with Crippen molar-refractivity contribution in [2.24, 2.45) is 0 Å². The fraction of sp³-hybridized carbons (Fsp3) is 0.500. The first-order valence-corrected chi connectivity index (χ1v) is 0.871. The molecule has 23 valence electrons. The SMILES string of the molecule is N=[C]CF. The average molecular weight is 60.1 g/mol. The van der Waals surface area contributed by atoms with Gasteiger partial charge in [-0.1, -0.05) is 0 Å². The molecule has 1 radical (unpaired) electrons. The molecule has 0 aromatic heterocycles. The summed E-state index contributed by atoms with van der Waals surface area (Å²) in [5, 5.41) is 5.83. The Bertz CT molecular complexity index is 20.0. The second-order valence-corrected chi connectivity index (χ2v) is 0.310. The van der Waals surface area contributed by atoms with Crippen LogP contribution in [0.25, 0.3) is 0 Å². The molecule has 0 fully saturated rings. The van der Waals surface area contributed by atoms with Gasteiger partial charge in [-0.15, -0.1) is 0 Å². The monoisotopic (exact) mass is 60.0 g/mol. The zero-order chi connectivity index (χ0) is 3.41. The summed E-state index contributed by atoms with van der Waals surface area (Å²) in [6.45, 7) is -0.764. The lowest BCUT2D eigenvalue weighted by Crippen LogP contribution is -1.63. The summed E-state index contributed by atoms with van der Waals surface area (Å²) in [6.07, 6.45) is 1.51.